The summed E-state index contributed by atoms with van der Waals surface area (Å²) in [6.07, 6.45) is 1.79. The lowest BCUT2D eigenvalue weighted by Crippen LogP contribution is -2.44. The zero-order valence-corrected chi connectivity index (χ0v) is 18.7. The molecule has 2 aromatic rings. The molecule has 0 unspecified atom stereocenters. The van der Waals surface area contributed by atoms with Crippen molar-refractivity contribution >= 4 is 11.6 Å². The van der Waals surface area contributed by atoms with Crippen LogP contribution in [0.5, 0.6) is 0 Å². The van der Waals surface area contributed by atoms with Gasteiger partial charge in [-0.25, -0.2) is 0 Å². The zero-order chi connectivity index (χ0) is 21.0. The number of piperidine rings is 1. The summed E-state index contributed by atoms with van der Waals surface area (Å²) in [5.41, 5.74) is 4.64. The van der Waals surface area contributed by atoms with Gasteiger partial charge in [0.05, 0.1) is 0 Å². The van der Waals surface area contributed by atoms with Gasteiger partial charge in [-0.05, 0) is 66.6 Å². The molecule has 1 N–H and O–H groups in total. The molecule has 1 amide bonds. The first-order chi connectivity index (χ1) is 13.8. The average Bonchev–Trinajstić information content (AvgIpc) is 2.70. The molecular formula is C26H36N2O. The molecule has 156 valence electrons. The highest BCUT2D eigenvalue weighted by Crippen LogP contribution is 2.33. The van der Waals surface area contributed by atoms with Crippen molar-refractivity contribution in [3.8, 4) is 0 Å². The highest BCUT2D eigenvalue weighted by Gasteiger charge is 2.36. The van der Waals surface area contributed by atoms with Gasteiger partial charge in [-0.15, -0.1) is 0 Å². The predicted molar refractivity (Wildman–Crippen MR) is 122 cm³/mol. The van der Waals surface area contributed by atoms with Crippen LogP contribution in [0.3, 0.4) is 0 Å². The fourth-order valence-electron chi connectivity index (χ4n) is 3.93. The molecule has 3 heteroatoms. The van der Waals surface area contributed by atoms with Crippen molar-refractivity contribution < 1.29 is 4.79 Å². The molecule has 0 bridgehead atoms. The number of benzene rings is 2. The molecule has 0 atom stereocenters. The van der Waals surface area contributed by atoms with Crippen LogP contribution in [0.1, 0.15) is 76.0 Å². The van der Waals surface area contributed by atoms with E-state index in [0.717, 1.165) is 38.2 Å². The van der Waals surface area contributed by atoms with E-state index in [2.05, 4.69) is 81.2 Å². The molecule has 1 saturated heterocycles. The molecule has 1 fully saturated rings. The van der Waals surface area contributed by atoms with Crippen LogP contribution < -0.4 is 5.32 Å². The number of amides is 1. The van der Waals surface area contributed by atoms with Gasteiger partial charge in [-0.3, -0.25) is 9.69 Å². The minimum atomic E-state index is -0.297. The van der Waals surface area contributed by atoms with Crippen molar-refractivity contribution in [3.63, 3.8) is 0 Å². The Morgan fingerprint density at radius 2 is 1.38 bits per heavy atom. The highest BCUT2D eigenvalue weighted by molar-refractivity contribution is 5.95. The van der Waals surface area contributed by atoms with Crippen molar-refractivity contribution in [2.24, 2.45) is 5.41 Å². The van der Waals surface area contributed by atoms with Crippen LogP contribution in [0.2, 0.25) is 0 Å². The van der Waals surface area contributed by atoms with Crippen LogP contribution >= 0.6 is 0 Å². The topological polar surface area (TPSA) is 32.3 Å². The Morgan fingerprint density at radius 3 is 1.86 bits per heavy atom. The lowest BCUT2D eigenvalue weighted by atomic mass is 9.79. The Bertz CT molecular complexity index is 798. The first-order valence-electron chi connectivity index (χ1n) is 11.0. The van der Waals surface area contributed by atoms with E-state index in [1.165, 1.54) is 16.7 Å². The van der Waals surface area contributed by atoms with Crippen molar-refractivity contribution in [1.82, 2.24) is 4.90 Å². The number of rotatable bonds is 6. The normalized spacial score (nSPS) is 16.9. The summed E-state index contributed by atoms with van der Waals surface area (Å²) in [5.74, 6) is 1.22. The van der Waals surface area contributed by atoms with Crippen LogP contribution in [0.15, 0.2) is 48.5 Å². The zero-order valence-electron chi connectivity index (χ0n) is 18.7. The van der Waals surface area contributed by atoms with Gasteiger partial charge in [0, 0.05) is 17.6 Å². The minimum Gasteiger partial charge on any atom is -0.326 e. The first-order valence-corrected chi connectivity index (χ1v) is 11.0. The van der Waals surface area contributed by atoms with Crippen molar-refractivity contribution in [2.75, 3.05) is 18.4 Å². The van der Waals surface area contributed by atoms with Gasteiger partial charge in [0.15, 0.2) is 0 Å². The SMILES string of the molecule is CC(C)c1ccc(CN2CCC(C)(C(=O)Nc3ccc(C(C)C)cc3)CC2)cc1. The minimum absolute atomic E-state index is 0.149. The molecule has 0 aromatic heterocycles. The molecule has 0 saturated carbocycles. The smallest absolute Gasteiger partial charge is 0.230 e. The first kappa shape index (κ1) is 21.6. The van der Waals surface area contributed by atoms with Gasteiger partial charge in [0.1, 0.15) is 0 Å². The van der Waals surface area contributed by atoms with Crippen LogP contribution in [0.25, 0.3) is 0 Å². The van der Waals surface area contributed by atoms with E-state index in [-0.39, 0.29) is 11.3 Å². The Morgan fingerprint density at radius 1 is 0.897 bits per heavy atom. The molecule has 1 aliphatic heterocycles. The summed E-state index contributed by atoms with van der Waals surface area (Å²) >= 11 is 0. The number of hydrogen-bond acceptors (Lipinski definition) is 2. The average molecular weight is 393 g/mol. The molecule has 0 spiro atoms. The molecule has 0 radical (unpaired) electrons. The van der Waals surface area contributed by atoms with Crippen molar-refractivity contribution in [3.05, 3.63) is 65.2 Å². The Kier molecular flexibility index (Phi) is 6.79. The fraction of sp³-hybridized carbons (Fsp3) is 0.500. The van der Waals surface area contributed by atoms with Crippen LogP contribution in [-0.4, -0.2) is 23.9 Å². The molecule has 29 heavy (non-hydrogen) atoms. The van der Waals surface area contributed by atoms with Gasteiger partial charge in [-0.1, -0.05) is 71.0 Å². The molecule has 2 aromatic carbocycles. The maximum atomic E-state index is 12.9. The number of nitrogens with one attached hydrogen (secondary N) is 1. The monoisotopic (exact) mass is 392 g/mol. The van der Waals surface area contributed by atoms with Gasteiger partial charge >= 0.3 is 0 Å². The van der Waals surface area contributed by atoms with Crippen LogP contribution in [0.4, 0.5) is 5.69 Å². The summed E-state index contributed by atoms with van der Waals surface area (Å²) in [5, 5.41) is 3.14. The van der Waals surface area contributed by atoms with Gasteiger partial charge < -0.3 is 5.32 Å². The molecule has 0 aliphatic carbocycles. The molecule has 1 aliphatic rings. The summed E-state index contributed by atoms with van der Waals surface area (Å²) in [6.45, 7) is 13.8. The summed E-state index contributed by atoms with van der Waals surface area (Å²) in [7, 11) is 0. The molecule has 3 rings (SSSR count). The number of carbonyl (C=O) groups is 1. The Hall–Kier alpha value is -2.13. The second-order valence-corrected chi connectivity index (χ2v) is 9.46. The van der Waals surface area contributed by atoms with E-state index in [4.69, 9.17) is 0 Å². The van der Waals surface area contributed by atoms with Crippen molar-refractivity contribution in [1.29, 1.82) is 0 Å². The lowest BCUT2D eigenvalue weighted by Gasteiger charge is -2.38. The number of anilines is 1. The summed E-state index contributed by atoms with van der Waals surface area (Å²) < 4.78 is 0. The summed E-state index contributed by atoms with van der Waals surface area (Å²) in [6, 6.07) is 17.2. The second kappa shape index (κ2) is 9.13. The fourth-order valence-corrected chi connectivity index (χ4v) is 3.93. The van der Waals surface area contributed by atoms with E-state index in [1.54, 1.807) is 0 Å². The number of likely N-dealkylation sites (tertiary alicyclic amines) is 1. The maximum Gasteiger partial charge on any atom is 0.230 e. The quantitative estimate of drug-likeness (QED) is 0.637. The van der Waals surface area contributed by atoms with E-state index in [9.17, 15) is 4.79 Å². The standard InChI is InChI=1S/C26H36N2O/c1-19(2)22-8-6-21(7-9-22)18-28-16-14-26(5,15-17-28)25(29)27-24-12-10-23(11-13-24)20(3)4/h6-13,19-20H,14-18H2,1-5H3,(H,27,29). The van der Waals surface area contributed by atoms with Gasteiger partial charge in [0.2, 0.25) is 5.91 Å². The third-order valence-corrected chi connectivity index (χ3v) is 6.40. The lowest BCUT2D eigenvalue weighted by molar-refractivity contribution is -0.127. The number of carbonyl (C=O) groups excluding carboxylic acids is 1. The van der Waals surface area contributed by atoms with E-state index in [1.807, 2.05) is 12.1 Å². The Balaban J connectivity index is 1.53. The second-order valence-electron chi connectivity index (χ2n) is 9.46. The molecular weight excluding hydrogens is 356 g/mol. The summed E-state index contributed by atoms with van der Waals surface area (Å²) in [4.78, 5) is 15.4. The van der Waals surface area contributed by atoms with Crippen molar-refractivity contribution in [2.45, 2.75) is 65.8 Å². The highest BCUT2D eigenvalue weighted by atomic mass is 16.2. The van der Waals surface area contributed by atoms with E-state index < -0.39 is 0 Å². The van der Waals surface area contributed by atoms with Crippen LogP contribution in [0, 0.1) is 5.41 Å². The number of hydrogen-bond donors (Lipinski definition) is 1. The van der Waals surface area contributed by atoms with Gasteiger partial charge in [0.25, 0.3) is 0 Å². The van der Waals surface area contributed by atoms with E-state index in [0.29, 0.717) is 11.8 Å². The molecule has 1 heterocycles. The van der Waals surface area contributed by atoms with Gasteiger partial charge in [-0.2, -0.15) is 0 Å². The van der Waals surface area contributed by atoms with Crippen LogP contribution in [-0.2, 0) is 11.3 Å². The number of nitrogens with zero attached hydrogens (tertiary/aromatic N) is 1. The predicted octanol–water partition coefficient (Wildman–Crippen LogP) is 6.17. The third-order valence-electron chi connectivity index (χ3n) is 6.40. The Labute approximate surface area is 176 Å². The largest absolute Gasteiger partial charge is 0.326 e. The maximum absolute atomic E-state index is 12.9. The van der Waals surface area contributed by atoms with E-state index >= 15 is 0 Å². The third kappa shape index (κ3) is 5.48. The molecule has 3 nitrogen and oxygen atoms in total.